The van der Waals surface area contributed by atoms with Crippen molar-refractivity contribution in [2.24, 2.45) is 0 Å². The number of hydrogen-bond donors (Lipinski definition) is 3. The first-order valence-corrected chi connectivity index (χ1v) is 14.0. The first kappa shape index (κ1) is 25.9. The van der Waals surface area contributed by atoms with E-state index in [2.05, 4.69) is 5.32 Å². The Morgan fingerprint density at radius 2 is 1.86 bits per heavy atom. The molecule has 2 amide bonds. The number of thiophene rings is 1. The lowest BCUT2D eigenvalue weighted by atomic mass is 9.94. The van der Waals surface area contributed by atoms with Gasteiger partial charge in [-0.1, -0.05) is 30.7 Å². The van der Waals surface area contributed by atoms with Gasteiger partial charge in [0, 0.05) is 15.4 Å². The second kappa shape index (κ2) is 10.8. The normalized spacial score (nSPS) is 18.8. The Morgan fingerprint density at radius 3 is 2.61 bits per heavy atom. The maximum absolute atomic E-state index is 13.1. The summed E-state index contributed by atoms with van der Waals surface area (Å²) < 4.78 is 30.5. The van der Waals surface area contributed by atoms with Gasteiger partial charge in [0.1, 0.15) is 10.5 Å². The SMILES string of the molecule is Cc1cccc(OCC(=O)Nc2cccc(-c3ccc([C@@]4(CC(=O)NO)CCCCS4(=O)=O)s3)c2)c1. The summed E-state index contributed by atoms with van der Waals surface area (Å²) in [6, 6.07) is 18.3. The molecular weight excluding hydrogens is 500 g/mol. The molecule has 10 heteroatoms. The Labute approximate surface area is 214 Å². The summed E-state index contributed by atoms with van der Waals surface area (Å²) in [5.74, 6) is -0.409. The van der Waals surface area contributed by atoms with E-state index in [-0.39, 0.29) is 24.7 Å². The van der Waals surface area contributed by atoms with Crippen LogP contribution in [0.2, 0.25) is 0 Å². The largest absolute Gasteiger partial charge is 0.484 e. The fourth-order valence-electron chi connectivity index (χ4n) is 4.45. The Balaban J connectivity index is 1.52. The van der Waals surface area contributed by atoms with E-state index in [0.29, 0.717) is 35.6 Å². The van der Waals surface area contributed by atoms with Crippen LogP contribution in [0.3, 0.4) is 0 Å². The van der Waals surface area contributed by atoms with Crippen molar-refractivity contribution in [3.63, 3.8) is 0 Å². The van der Waals surface area contributed by atoms with Crippen LogP contribution >= 0.6 is 11.3 Å². The van der Waals surface area contributed by atoms with Crippen molar-refractivity contribution in [1.29, 1.82) is 0 Å². The third-order valence-electron chi connectivity index (χ3n) is 6.26. The van der Waals surface area contributed by atoms with Gasteiger partial charge in [-0.05, 0) is 67.3 Å². The molecule has 1 saturated heterocycles. The summed E-state index contributed by atoms with van der Waals surface area (Å²) in [5.41, 5.74) is 4.01. The topological polar surface area (TPSA) is 122 Å². The number of carbonyl (C=O) groups excluding carboxylic acids is 2. The molecule has 190 valence electrons. The highest BCUT2D eigenvalue weighted by Crippen LogP contribution is 2.47. The Hall–Kier alpha value is -3.21. The van der Waals surface area contributed by atoms with Gasteiger partial charge in [0.05, 0.1) is 12.2 Å². The lowest BCUT2D eigenvalue weighted by molar-refractivity contribution is -0.130. The second-order valence-electron chi connectivity index (χ2n) is 8.88. The molecule has 8 nitrogen and oxygen atoms in total. The molecular formula is C26H28N2O6S2. The van der Waals surface area contributed by atoms with E-state index in [1.165, 1.54) is 11.3 Å². The van der Waals surface area contributed by atoms with E-state index in [0.717, 1.165) is 16.0 Å². The number of hydroxylamine groups is 1. The van der Waals surface area contributed by atoms with Crippen molar-refractivity contribution in [1.82, 2.24) is 5.48 Å². The summed E-state index contributed by atoms with van der Waals surface area (Å²) in [6.45, 7) is 1.81. The molecule has 0 spiro atoms. The molecule has 1 atom stereocenters. The second-order valence-corrected chi connectivity index (χ2v) is 12.4. The number of aryl methyl sites for hydroxylation is 1. The van der Waals surface area contributed by atoms with Crippen molar-refractivity contribution in [2.75, 3.05) is 17.7 Å². The molecule has 2 aromatic carbocycles. The fourth-order valence-corrected chi connectivity index (χ4v) is 8.23. The maximum Gasteiger partial charge on any atom is 0.262 e. The van der Waals surface area contributed by atoms with Gasteiger partial charge >= 0.3 is 0 Å². The molecule has 1 aliphatic heterocycles. The molecule has 1 fully saturated rings. The summed E-state index contributed by atoms with van der Waals surface area (Å²) >= 11 is 1.30. The minimum absolute atomic E-state index is 0.00504. The molecule has 2 heterocycles. The lowest BCUT2D eigenvalue weighted by Gasteiger charge is -2.35. The van der Waals surface area contributed by atoms with Crippen molar-refractivity contribution >= 4 is 38.7 Å². The average molecular weight is 529 g/mol. The van der Waals surface area contributed by atoms with E-state index >= 15 is 0 Å². The zero-order chi connectivity index (χ0) is 25.8. The number of ether oxygens (including phenoxy) is 1. The Morgan fingerprint density at radius 1 is 1.06 bits per heavy atom. The number of sulfone groups is 1. The van der Waals surface area contributed by atoms with Crippen LogP contribution in [0.5, 0.6) is 5.75 Å². The first-order valence-electron chi connectivity index (χ1n) is 11.6. The number of amides is 2. The monoisotopic (exact) mass is 528 g/mol. The number of carbonyl (C=O) groups is 2. The molecule has 36 heavy (non-hydrogen) atoms. The van der Waals surface area contributed by atoms with Gasteiger partial charge in [0.25, 0.3) is 5.91 Å². The van der Waals surface area contributed by atoms with E-state index in [1.807, 2.05) is 43.3 Å². The van der Waals surface area contributed by atoms with Crippen molar-refractivity contribution < 1.29 is 28.0 Å². The molecule has 0 bridgehead atoms. The Kier molecular flexibility index (Phi) is 7.77. The highest BCUT2D eigenvalue weighted by molar-refractivity contribution is 7.92. The number of anilines is 1. The molecule has 1 aliphatic rings. The molecule has 0 aliphatic carbocycles. The highest BCUT2D eigenvalue weighted by Gasteiger charge is 2.49. The predicted molar refractivity (Wildman–Crippen MR) is 139 cm³/mol. The van der Waals surface area contributed by atoms with E-state index < -0.39 is 20.5 Å². The van der Waals surface area contributed by atoms with Crippen molar-refractivity contribution in [2.45, 2.75) is 37.4 Å². The number of benzene rings is 2. The molecule has 1 aromatic heterocycles. The van der Waals surface area contributed by atoms with Crippen LogP contribution in [0.4, 0.5) is 5.69 Å². The maximum atomic E-state index is 13.1. The average Bonchev–Trinajstić information content (AvgIpc) is 3.35. The predicted octanol–water partition coefficient (Wildman–Crippen LogP) is 4.43. The fraction of sp³-hybridized carbons (Fsp3) is 0.308. The first-order chi connectivity index (χ1) is 17.2. The quantitative estimate of drug-likeness (QED) is 0.294. The van der Waals surface area contributed by atoms with Gasteiger partial charge in [0.15, 0.2) is 16.4 Å². The minimum Gasteiger partial charge on any atom is -0.484 e. The lowest BCUT2D eigenvalue weighted by Crippen LogP contribution is -2.43. The summed E-state index contributed by atoms with van der Waals surface area (Å²) in [4.78, 5) is 25.9. The van der Waals surface area contributed by atoms with Crippen LogP contribution in [0, 0.1) is 6.92 Å². The molecule has 0 radical (unpaired) electrons. The van der Waals surface area contributed by atoms with E-state index in [9.17, 15) is 18.0 Å². The third kappa shape index (κ3) is 5.61. The van der Waals surface area contributed by atoms with E-state index in [1.54, 1.807) is 29.7 Å². The van der Waals surface area contributed by atoms with Crippen LogP contribution in [0.1, 0.15) is 36.1 Å². The number of nitrogens with one attached hydrogen (secondary N) is 2. The smallest absolute Gasteiger partial charge is 0.262 e. The van der Waals surface area contributed by atoms with Crippen LogP contribution in [0.25, 0.3) is 10.4 Å². The van der Waals surface area contributed by atoms with Gasteiger partial charge in [-0.3, -0.25) is 14.8 Å². The molecule has 0 unspecified atom stereocenters. The molecule has 0 saturated carbocycles. The van der Waals surface area contributed by atoms with Gasteiger partial charge in [0.2, 0.25) is 5.91 Å². The number of rotatable bonds is 8. The van der Waals surface area contributed by atoms with Crippen LogP contribution in [-0.2, 0) is 24.2 Å². The van der Waals surface area contributed by atoms with Gasteiger partial charge in [-0.25, -0.2) is 13.9 Å². The minimum atomic E-state index is -3.60. The molecule has 4 rings (SSSR count). The van der Waals surface area contributed by atoms with Crippen LogP contribution in [-0.4, -0.2) is 37.8 Å². The van der Waals surface area contributed by atoms with Crippen LogP contribution < -0.4 is 15.5 Å². The van der Waals surface area contributed by atoms with Gasteiger partial charge in [-0.15, -0.1) is 11.3 Å². The Bertz CT molecular complexity index is 1370. The zero-order valence-corrected chi connectivity index (χ0v) is 21.5. The van der Waals surface area contributed by atoms with Crippen LogP contribution in [0.15, 0.2) is 60.7 Å². The van der Waals surface area contributed by atoms with Gasteiger partial charge in [-0.2, -0.15) is 0 Å². The van der Waals surface area contributed by atoms with E-state index in [4.69, 9.17) is 9.94 Å². The third-order valence-corrected chi connectivity index (χ3v) is 10.3. The number of hydrogen-bond acceptors (Lipinski definition) is 7. The van der Waals surface area contributed by atoms with Crippen molar-refractivity contribution in [3.05, 3.63) is 71.1 Å². The standard InChI is InChI=1S/C26H28N2O6S2/c1-18-6-4-9-21(14-18)34-17-25(30)27-20-8-5-7-19(15-20)22-10-11-23(35-22)26(16-24(29)28-31)12-2-3-13-36(26,32)33/h4-11,14-15,31H,2-3,12-13,16-17H2,1H3,(H,27,30)(H,28,29)/t26-/m0/s1. The summed E-state index contributed by atoms with van der Waals surface area (Å²) in [6.07, 6.45) is 1.22. The highest BCUT2D eigenvalue weighted by atomic mass is 32.2. The van der Waals surface area contributed by atoms with Gasteiger partial charge < -0.3 is 10.1 Å². The summed E-state index contributed by atoms with van der Waals surface area (Å²) in [7, 11) is -3.60. The zero-order valence-electron chi connectivity index (χ0n) is 19.8. The molecule has 3 N–H and O–H groups in total. The molecule has 3 aromatic rings. The summed E-state index contributed by atoms with van der Waals surface area (Å²) in [5, 5.41) is 11.9. The van der Waals surface area contributed by atoms with Crippen molar-refractivity contribution in [3.8, 4) is 16.2 Å².